The minimum absolute atomic E-state index is 0.117. The highest BCUT2D eigenvalue weighted by molar-refractivity contribution is 6.01. The van der Waals surface area contributed by atoms with E-state index >= 15 is 0 Å². The largest absolute Gasteiger partial charge is 0.497 e. The minimum atomic E-state index is -0.331. The van der Waals surface area contributed by atoms with Crippen LogP contribution in [0, 0.1) is 0 Å². The molecule has 0 radical (unpaired) electrons. The van der Waals surface area contributed by atoms with Gasteiger partial charge in [-0.3, -0.25) is 9.69 Å². The fourth-order valence-corrected chi connectivity index (χ4v) is 3.93. The lowest BCUT2D eigenvalue weighted by molar-refractivity contribution is -0.118. The van der Waals surface area contributed by atoms with Crippen LogP contribution in [0.25, 0.3) is 0 Å². The number of ether oxygens (including phenoxy) is 3. The van der Waals surface area contributed by atoms with E-state index in [9.17, 15) is 9.59 Å². The zero-order chi connectivity index (χ0) is 24.6. The second-order valence-corrected chi connectivity index (χ2v) is 8.09. The summed E-state index contributed by atoms with van der Waals surface area (Å²) in [5.74, 6) is 1.62. The van der Waals surface area contributed by atoms with Gasteiger partial charge in [-0.2, -0.15) is 0 Å². The topological polar surface area (TPSA) is 80.3 Å². The van der Waals surface area contributed by atoms with Crippen LogP contribution in [0.15, 0.2) is 72.8 Å². The number of rotatable bonds is 9. The van der Waals surface area contributed by atoms with Gasteiger partial charge in [-0.1, -0.05) is 30.3 Å². The summed E-state index contributed by atoms with van der Waals surface area (Å²) in [6, 6.07) is 22.0. The summed E-state index contributed by atoms with van der Waals surface area (Å²) in [5.41, 5.74) is 2.12. The van der Waals surface area contributed by atoms with Gasteiger partial charge in [-0.05, 0) is 48.4 Å². The minimum Gasteiger partial charge on any atom is -0.497 e. The second-order valence-electron chi connectivity index (χ2n) is 8.09. The van der Waals surface area contributed by atoms with Gasteiger partial charge in [0.15, 0.2) is 6.61 Å². The van der Waals surface area contributed by atoms with Crippen molar-refractivity contribution in [2.75, 3.05) is 44.1 Å². The van der Waals surface area contributed by atoms with Crippen LogP contribution in [0.1, 0.15) is 12.0 Å². The molecule has 3 aromatic rings. The number of hydrogen-bond donors (Lipinski definition) is 1. The number of hydrogen-bond acceptors (Lipinski definition) is 5. The molecule has 0 aliphatic carbocycles. The quantitative estimate of drug-likeness (QED) is 0.491. The van der Waals surface area contributed by atoms with Gasteiger partial charge in [-0.15, -0.1) is 0 Å². The van der Waals surface area contributed by atoms with Gasteiger partial charge in [-0.25, -0.2) is 4.79 Å². The normalized spacial score (nSPS) is 13.4. The molecule has 0 atom stereocenters. The van der Waals surface area contributed by atoms with Crippen LogP contribution in [-0.2, 0) is 11.3 Å². The Labute approximate surface area is 205 Å². The molecule has 0 aromatic heterocycles. The average Bonchev–Trinajstić information content (AvgIpc) is 2.90. The summed E-state index contributed by atoms with van der Waals surface area (Å²) in [6.07, 6.45) is 0.804. The highest BCUT2D eigenvalue weighted by atomic mass is 16.5. The maximum atomic E-state index is 13.4. The van der Waals surface area contributed by atoms with E-state index in [1.165, 1.54) is 0 Å². The first-order chi connectivity index (χ1) is 17.1. The Morgan fingerprint density at radius 3 is 2.31 bits per heavy atom. The number of benzene rings is 3. The lowest BCUT2D eigenvalue weighted by Gasteiger charge is -2.36. The first-order valence-electron chi connectivity index (χ1n) is 11.4. The Kier molecular flexibility index (Phi) is 7.72. The van der Waals surface area contributed by atoms with Crippen molar-refractivity contribution in [3.63, 3.8) is 0 Å². The molecule has 0 bridgehead atoms. The van der Waals surface area contributed by atoms with Gasteiger partial charge >= 0.3 is 6.03 Å². The van der Waals surface area contributed by atoms with E-state index in [1.54, 1.807) is 54.4 Å². The molecule has 1 aliphatic rings. The molecule has 3 amide bonds. The number of methoxy groups -OCH3 is 2. The number of carbonyl (C=O) groups excluding carboxylic acids is 2. The van der Waals surface area contributed by atoms with Crippen molar-refractivity contribution in [3.05, 3.63) is 78.4 Å². The van der Waals surface area contributed by atoms with E-state index < -0.39 is 0 Å². The van der Waals surface area contributed by atoms with Gasteiger partial charge < -0.3 is 24.4 Å². The smallest absolute Gasteiger partial charge is 0.324 e. The van der Waals surface area contributed by atoms with Crippen LogP contribution in [0.2, 0.25) is 0 Å². The molecular weight excluding hydrogens is 446 g/mol. The molecule has 1 aliphatic heterocycles. The molecule has 0 unspecified atom stereocenters. The summed E-state index contributed by atoms with van der Waals surface area (Å²) in [6.45, 7) is 1.54. The highest BCUT2D eigenvalue weighted by Gasteiger charge is 2.29. The predicted molar refractivity (Wildman–Crippen MR) is 134 cm³/mol. The van der Waals surface area contributed by atoms with Gasteiger partial charge in [0.25, 0.3) is 5.91 Å². The number of nitrogens with one attached hydrogen (secondary N) is 1. The second kappa shape index (κ2) is 11.3. The maximum Gasteiger partial charge on any atom is 0.324 e. The summed E-state index contributed by atoms with van der Waals surface area (Å²) >= 11 is 0. The lowest BCUT2D eigenvalue weighted by atomic mass is 10.1. The molecule has 1 fully saturated rings. The Morgan fingerprint density at radius 1 is 0.886 bits per heavy atom. The summed E-state index contributed by atoms with van der Waals surface area (Å²) < 4.78 is 16.1. The number of para-hydroxylation sites is 1. The molecule has 1 saturated heterocycles. The molecule has 182 valence electrons. The fraction of sp³-hybridized carbons (Fsp3) is 0.259. The molecule has 3 aromatic carbocycles. The molecular formula is C27H29N3O5. The van der Waals surface area contributed by atoms with E-state index in [2.05, 4.69) is 5.32 Å². The van der Waals surface area contributed by atoms with Crippen molar-refractivity contribution >= 4 is 23.3 Å². The van der Waals surface area contributed by atoms with Gasteiger partial charge in [0.2, 0.25) is 0 Å². The Bertz CT molecular complexity index is 1150. The third-order valence-electron chi connectivity index (χ3n) is 5.73. The van der Waals surface area contributed by atoms with E-state index in [1.807, 2.05) is 42.5 Å². The molecule has 1 N–H and O–H groups in total. The molecule has 8 heteroatoms. The van der Waals surface area contributed by atoms with Crippen LogP contribution in [0.4, 0.5) is 16.2 Å². The Morgan fingerprint density at radius 2 is 1.60 bits per heavy atom. The summed E-state index contributed by atoms with van der Waals surface area (Å²) in [4.78, 5) is 29.6. The van der Waals surface area contributed by atoms with Crippen LogP contribution in [0.3, 0.4) is 0 Å². The van der Waals surface area contributed by atoms with Crippen LogP contribution in [0.5, 0.6) is 17.2 Å². The van der Waals surface area contributed by atoms with Crippen molar-refractivity contribution < 1.29 is 23.8 Å². The standard InChI is InChI=1S/C27H29N3O5/c1-33-21-11-9-20(10-12-21)18-29-15-6-16-30(27(29)32)25-14-13-23(34-2)17-24(25)28-26(31)19-35-22-7-4-3-5-8-22/h3-5,7-14,17H,6,15-16,18-19H2,1-2H3,(H,28,31). The zero-order valence-electron chi connectivity index (χ0n) is 19.9. The van der Waals surface area contributed by atoms with Crippen molar-refractivity contribution in [2.45, 2.75) is 13.0 Å². The number of carbonyl (C=O) groups is 2. The summed E-state index contributed by atoms with van der Waals surface area (Å²) in [5, 5.41) is 2.88. The molecule has 35 heavy (non-hydrogen) atoms. The Hall–Kier alpha value is -4.20. The van der Waals surface area contributed by atoms with Crippen molar-refractivity contribution in [2.24, 2.45) is 0 Å². The average molecular weight is 476 g/mol. The van der Waals surface area contributed by atoms with E-state index in [-0.39, 0.29) is 18.5 Å². The van der Waals surface area contributed by atoms with Gasteiger partial charge in [0, 0.05) is 25.7 Å². The predicted octanol–water partition coefficient (Wildman–Crippen LogP) is 4.55. The molecule has 4 rings (SSSR count). The van der Waals surface area contributed by atoms with E-state index in [0.29, 0.717) is 42.5 Å². The van der Waals surface area contributed by atoms with Crippen molar-refractivity contribution in [1.82, 2.24) is 4.90 Å². The first kappa shape index (κ1) is 23.9. The van der Waals surface area contributed by atoms with E-state index in [4.69, 9.17) is 14.2 Å². The number of urea groups is 1. The monoisotopic (exact) mass is 475 g/mol. The zero-order valence-corrected chi connectivity index (χ0v) is 19.9. The van der Waals surface area contributed by atoms with Crippen molar-refractivity contribution in [3.8, 4) is 17.2 Å². The maximum absolute atomic E-state index is 13.4. The van der Waals surface area contributed by atoms with Crippen LogP contribution < -0.4 is 24.4 Å². The Balaban J connectivity index is 1.49. The number of amides is 3. The number of anilines is 2. The number of nitrogens with zero attached hydrogens (tertiary/aromatic N) is 2. The first-order valence-corrected chi connectivity index (χ1v) is 11.4. The molecule has 1 heterocycles. The third kappa shape index (κ3) is 6.03. The third-order valence-corrected chi connectivity index (χ3v) is 5.73. The molecule has 0 spiro atoms. The van der Waals surface area contributed by atoms with Gasteiger partial charge in [0.1, 0.15) is 17.2 Å². The SMILES string of the molecule is COc1ccc(CN2CCCN(c3ccc(OC)cc3NC(=O)COc3ccccc3)C2=O)cc1. The van der Waals surface area contributed by atoms with Crippen LogP contribution in [-0.4, -0.2) is 50.8 Å². The molecule has 8 nitrogen and oxygen atoms in total. The fourth-order valence-electron chi connectivity index (χ4n) is 3.93. The van der Waals surface area contributed by atoms with Gasteiger partial charge in [0.05, 0.1) is 25.6 Å². The lowest BCUT2D eigenvalue weighted by Crippen LogP contribution is -2.49. The van der Waals surface area contributed by atoms with E-state index in [0.717, 1.165) is 17.7 Å². The van der Waals surface area contributed by atoms with Crippen molar-refractivity contribution in [1.29, 1.82) is 0 Å². The van der Waals surface area contributed by atoms with Crippen LogP contribution >= 0.6 is 0 Å². The summed E-state index contributed by atoms with van der Waals surface area (Å²) in [7, 11) is 3.18. The molecule has 0 saturated carbocycles. The highest BCUT2D eigenvalue weighted by Crippen LogP contribution is 2.33.